The van der Waals surface area contributed by atoms with Gasteiger partial charge in [-0.05, 0) is 72.9 Å². The van der Waals surface area contributed by atoms with Crippen LogP contribution in [0.15, 0.2) is 42.5 Å². The van der Waals surface area contributed by atoms with Crippen molar-refractivity contribution in [3.63, 3.8) is 0 Å². The number of hydrogen-bond acceptors (Lipinski definition) is 1. The molecule has 0 N–H and O–H groups in total. The van der Waals surface area contributed by atoms with Crippen molar-refractivity contribution in [1.29, 1.82) is 0 Å². The highest BCUT2D eigenvalue weighted by Crippen LogP contribution is 2.32. The van der Waals surface area contributed by atoms with Gasteiger partial charge in [0.25, 0.3) is 0 Å². The lowest BCUT2D eigenvalue weighted by Gasteiger charge is -2.34. The van der Waals surface area contributed by atoms with Crippen molar-refractivity contribution < 1.29 is 8.78 Å². The molecule has 26 heavy (non-hydrogen) atoms. The van der Waals surface area contributed by atoms with Crippen LogP contribution in [-0.4, -0.2) is 24.5 Å². The summed E-state index contributed by atoms with van der Waals surface area (Å²) >= 11 is 0. The van der Waals surface area contributed by atoms with Crippen LogP contribution in [0.4, 0.5) is 8.78 Å². The van der Waals surface area contributed by atoms with Crippen LogP contribution in [-0.2, 0) is 0 Å². The lowest BCUT2D eigenvalue weighted by molar-refractivity contribution is 0.179. The van der Waals surface area contributed by atoms with Crippen LogP contribution in [0.1, 0.15) is 50.0 Å². The molecule has 2 aromatic carbocycles. The molecule has 1 saturated heterocycles. The summed E-state index contributed by atoms with van der Waals surface area (Å²) in [5.41, 5.74) is 2.81. The number of nitrogens with zero attached hydrogens (tertiary/aromatic N) is 1. The Hall–Kier alpha value is -1.74. The largest absolute Gasteiger partial charge is 0.302 e. The third-order valence-corrected chi connectivity index (χ3v) is 6.07. The Balaban J connectivity index is 1.44. The Kier molecular flexibility index (Phi) is 5.35. The fourth-order valence-electron chi connectivity index (χ4n) is 4.72. The van der Waals surface area contributed by atoms with Gasteiger partial charge in [-0.3, -0.25) is 0 Å². The van der Waals surface area contributed by atoms with E-state index in [9.17, 15) is 8.78 Å². The summed E-state index contributed by atoms with van der Waals surface area (Å²) in [6.07, 6.45) is 8.11. The minimum absolute atomic E-state index is 0.529. The summed E-state index contributed by atoms with van der Waals surface area (Å²) < 4.78 is 26.9. The smallest absolute Gasteiger partial charge is 0.126 e. The first-order chi connectivity index (χ1) is 12.7. The SMILES string of the molecule is Fc1cc(F)cc(-c2ccc([C@H]3CCCN(CC4CCCC4)C3)cc2)c1. The molecule has 1 nitrogen and oxygen atoms in total. The quantitative estimate of drug-likeness (QED) is 0.650. The molecule has 0 radical (unpaired) electrons. The minimum atomic E-state index is -0.529. The van der Waals surface area contributed by atoms with E-state index in [4.69, 9.17) is 0 Å². The highest BCUT2D eigenvalue weighted by atomic mass is 19.1. The fourth-order valence-corrected chi connectivity index (χ4v) is 4.72. The van der Waals surface area contributed by atoms with Gasteiger partial charge in [-0.25, -0.2) is 8.78 Å². The average Bonchev–Trinajstić information content (AvgIpc) is 3.14. The first-order valence-electron chi connectivity index (χ1n) is 9.96. The van der Waals surface area contributed by atoms with Crippen molar-refractivity contribution in [3.05, 3.63) is 59.7 Å². The molecule has 1 saturated carbocycles. The molecule has 1 atom stereocenters. The Bertz CT molecular complexity index is 714. The number of halogens is 2. The summed E-state index contributed by atoms with van der Waals surface area (Å²) in [6.45, 7) is 3.63. The summed E-state index contributed by atoms with van der Waals surface area (Å²) in [7, 11) is 0. The van der Waals surface area contributed by atoms with Crippen molar-refractivity contribution in [3.8, 4) is 11.1 Å². The normalized spacial score (nSPS) is 22.0. The number of rotatable bonds is 4. The van der Waals surface area contributed by atoms with Gasteiger partial charge in [-0.2, -0.15) is 0 Å². The Labute approximate surface area is 155 Å². The third kappa shape index (κ3) is 4.15. The van der Waals surface area contributed by atoms with Gasteiger partial charge in [-0.1, -0.05) is 37.1 Å². The van der Waals surface area contributed by atoms with E-state index in [0.29, 0.717) is 11.5 Å². The van der Waals surface area contributed by atoms with E-state index in [1.807, 2.05) is 12.1 Å². The zero-order chi connectivity index (χ0) is 17.9. The maximum Gasteiger partial charge on any atom is 0.126 e. The maximum atomic E-state index is 13.4. The lowest BCUT2D eigenvalue weighted by Crippen LogP contribution is -2.37. The molecular weight excluding hydrogens is 328 g/mol. The van der Waals surface area contributed by atoms with Crippen LogP contribution in [0.5, 0.6) is 0 Å². The first-order valence-corrected chi connectivity index (χ1v) is 9.96. The third-order valence-electron chi connectivity index (χ3n) is 6.07. The summed E-state index contributed by atoms with van der Waals surface area (Å²) in [5.74, 6) is 0.417. The van der Waals surface area contributed by atoms with E-state index < -0.39 is 11.6 Å². The van der Waals surface area contributed by atoms with Crippen LogP contribution in [0.2, 0.25) is 0 Å². The minimum Gasteiger partial charge on any atom is -0.302 e. The zero-order valence-electron chi connectivity index (χ0n) is 15.3. The number of hydrogen-bond donors (Lipinski definition) is 0. The highest BCUT2D eigenvalue weighted by molar-refractivity contribution is 5.63. The molecular formula is C23H27F2N. The molecule has 2 fully saturated rings. The van der Waals surface area contributed by atoms with E-state index in [1.54, 1.807) is 0 Å². The van der Waals surface area contributed by atoms with E-state index in [1.165, 1.54) is 69.3 Å². The summed E-state index contributed by atoms with van der Waals surface area (Å²) in [5, 5.41) is 0. The number of benzene rings is 2. The summed E-state index contributed by atoms with van der Waals surface area (Å²) in [4.78, 5) is 2.65. The van der Waals surface area contributed by atoms with Gasteiger partial charge in [0.15, 0.2) is 0 Å². The molecule has 138 valence electrons. The van der Waals surface area contributed by atoms with E-state index in [2.05, 4.69) is 17.0 Å². The average molecular weight is 355 g/mol. The Morgan fingerprint density at radius 1 is 0.808 bits per heavy atom. The fraction of sp³-hybridized carbons (Fsp3) is 0.478. The second kappa shape index (κ2) is 7.87. The van der Waals surface area contributed by atoms with Gasteiger partial charge in [0.1, 0.15) is 11.6 Å². The molecule has 0 bridgehead atoms. The van der Waals surface area contributed by atoms with Crippen LogP contribution in [0, 0.1) is 17.6 Å². The van der Waals surface area contributed by atoms with E-state index in [-0.39, 0.29) is 0 Å². The standard InChI is InChI=1S/C23H27F2N/c24-22-12-21(13-23(25)14-22)19-9-7-18(8-10-19)20-6-3-11-26(16-20)15-17-4-1-2-5-17/h7-10,12-14,17,20H,1-6,11,15-16H2/t20-/m0/s1. The Morgan fingerprint density at radius 3 is 2.19 bits per heavy atom. The predicted octanol–water partition coefficient (Wildman–Crippen LogP) is 6.00. The molecule has 1 heterocycles. The van der Waals surface area contributed by atoms with Gasteiger partial charge in [-0.15, -0.1) is 0 Å². The zero-order valence-corrected chi connectivity index (χ0v) is 15.3. The highest BCUT2D eigenvalue weighted by Gasteiger charge is 2.24. The van der Waals surface area contributed by atoms with Crippen LogP contribution >= 0.6 is 0 Å². The molecule has 0 amide bonds. The van der Waals surface area contributed by atoms with Crippen molar-refractivity contribution in [2.24, 2.45) is 5.92 Å². The van der Waals surface area contributed by atoms with Gasteiger partial charge in [0.05, 0.1) is 0 Å². The molecule has 3 heteroatoms. The molecule has 0 spiro atoms. The molecule has 2 aromatic rings. The first kappa shape index (κ1) is 17.7. The Morgan fingerprint density at radius 2 is 1.50 bits per heavy atom. The predicted molar refractivity (Wildman–Crippen MR) is 102 cm³/mol. The van der Waals surface area contributed by atoms with Crippen LogP contribution in [0.3, 0.4) is 0 Å². The van der Waals surface area contributed by atoms with Gasteiger partial charge in [0.2, 0.25) is 0 Å². The van der Waals surface area contributed by atoms with Crippen LogP contribution in [0.25, 0.3) is 11.1 Å². The molecule has 1 aliphatic heterocycles. The van der Waals surface area contributed by atoms with E-state index in [0.717, 1.165) is 24.1 Å². The van der Waals surface area contributed by atoms with Crippen molar-refractivity contribution in [2.75, 3.05) is 19.6 Å². The number of likely N-dealkylation sites (tertiary alicyclic amines) is 1. The lowest BCUT2D eigenvalue weighted by atomic mass is 9.89. The maximum absolute atomic E-state index is 13.4. The second-order valence-electron chi connectivity index (χ2n) is 8.03. The van der Waals surface area contributed by atoms with Gasteiger partial charge in [0, 0.05) is 19.2 Å². The topological polar surface area (TPSA) is 3.24 Å². The molecule has 4 rings (SSSR count). The second-order valence-corrected chi connectivity index (χ2v) is 8.03. The molecule has 1 aliphatic carbocycles. The molecule has 0 aromatic heterocycles. The van der Waals surface area contributed by atoms with Gasteiger partial charge >= 0.3 is 0 Å². The van der Waals surface area contributed by atoms with Gasteiger partial charge < -0.3 is 4.90 Å². The monoisotopic (exact) mass is 355 g/mol. The number of piperidine rings is 1. The molecule has 0 unspecified atom stereocenters. The van der Waals surface area contributed by atoms with E-state index >= 15 is 0 Å². The van der Waals surface area contributed by atoms with Crippen LogP contribution < -0.4 is 0 Å². The van der Waals surface area contributed by atoms with Crippen molar-refractivity contribution >= 4 is 0 Å². The molecule has 2 aliphatic rings. The van der Waals surface area contributed by atoms with Crippen molar-refractivity contribution in [1.82, 2.24) is 4.90 Å². The summed E-state index contributed by atoms with van der Waals surface area (Å²) in [6, 6.07) is 12.0. The van der Waals surface area contributed by atoms with Crippen molar-refractivity contribution in [2.45, 2.75) is 44.4 Å².